The predicted molar refractivity (Wildman–Crippen MR) is 134 cm³/mol. The van der Waals surface area contributed by atoms with E-state index >= 15 is 0 Å². The number of anilines is 1. The van der Waals surface area contributed by atoms with Gasteiger partial charge in [-0.2, -0.15) is 9.78 Å². The van der Waals surface area contributed by atoms with Gasteiger partial charge in [-0.15, -0.1) is 11.3 Å². The van der Waals surface area contributed by atoms with Crippen molar-refractivity contribution in [1.29, 1.82) is 0 Å². The molecular weight excluding hydrogens is 474 g/mol. The lowest BCUT2D eigenvalue weighted by Gasteiger charge is -2.25. The van der Waals surface area contributed by atoms with Gasteiger partial charge in [0, 0.05) is 22.3 Å². The van der Waals surface area contributed by atoms with E-state index in [-0.39, 0.29) is 11.5 Å². The van der Waals surface area contributed by atoms with Gasteiger partial charge < -0.3 is 10.1 Å². The molecule has 2 N–H and O–H groups in total. The van der Waals surface area contributed by atoms with Gasteiger partial charge >= 0.3 is 0 Å². The number of aryl methyl sites for hydroxylation is 1. The Balaban J connectivity index is 1.70. The number of nitrogens with one attached hydrogen (secondary N) is 2. The van der Waals surface area contributed by atoms with Gasteiger partial charge in [-0.3, -0.25) is 14.6 Å². The van der Waals surface area contributed by atoms with Gasteiger partial charge in [0.2, 0.25) is 5.95 Å². The summed E-state index contributed by atoms with van der Waals surface area (Å²) in [5, 5.41) is 10.0. The number of rotatable bonds is 7. The summed E-state index contributed by atoms with van der Waals surface area (Å²) in [6.07, 6.45) is 0.563. The lowest BCUT2D eigenvalue weighted by atomic mass is 10.1. The molecule has 3 aromatic heterocycles. The van der Waals surface area contributed by atoms with E-state index in [1.54, 1.807) is 51.1 Å². The van der Waals surface area contributed by atoms with Gasteiger partial charge in [-0.25, -0.2) is 4.98 Å². The average Bonchev–Trinajstić information content (AvgIpc) is 3.45. The Morgan fingerprint density at radius 1 is 1.26 bits per heavy atom. The van der Waals surface area contributed by atoms with Crippen molar-refractivity contribution in [2.45, 2.75) is 39.7 Å². The van der Waals surface area contributed by atoms with Crippen LogP contribution in [0.15, 0.2) is 52.6 Å². The lowest BCUT2D eigenvalue weighted by Crippen LogP contribution is -2.43. The van der Waals surface area contributed by atoms with Crippen molar-refractivity contribution in [2.75, 3.05) is 5.32 Å². The van der Waals surface area contributed by atoms with Crippen LogP contribution in [0.25, 0.3) is 16.5 Å². The van der Waals surface area contributed by atoms with Crippen LogP contribution in [0, 0.1) is 6.92 Å². The van der Waals surface area contributed by atoms with E-state index in [1.807, 2.05) is 24.4 Å². The average molecular weight is 498 g/mol. The normalized spacial score (nSPS) is 11.4. The Morgan fingerprint density at radius 3 is 2.62 bits per heavy atom. The van der Waals surface area contributed by atoms with Crippen LogP contribution in [0.4, 0.5) is 5.82 Å². The predicted octanol–water partition coefficient (Wildman–Crippen LogP) is 5.00. The zero-order valence-electron chi connectivity index (χ0n) is 19.2. The van der Waals surface area contributed by atoms with Crippen LogP contribution in [0.1, 0.15) is 32.0 Å². The topological polar surface area (TPSA) is 102 Å². The Kier molecular flexibility index (Phi) is 6.58. The van der Waals surface area contributed by atoms with Crippen LogP contribution in [-0.2, 0) is 11.2 Å². The molecule has 0 radical (unpaired) electrons. The molecule has 0 aliphatic heterocycles. The number of benzene rings is 1. The fourth-order valence-electron chi connectivity index (χ4n) is 3.40. The number of hydrogen-bond donors (Lipinski definition) is 2. The van der Waals surface area contributed by atoms with Crippen LogP contribution in [0.3, 0.4) is 0 Å². The maximum Gasteiger partial charge on any atom is 0.269 e. The summed E-state index contributed by atoms with van der Waals surface area (Å²) in [6.45, 7) is 7.01. The molecule has 0 aliphatic carbocycles. The summed E-state index contributed by atoms with van der Waals surface area (Å²) in [4.78, 5) is 34.0. The highest BCUT2D eigenvalue weighted by Crippen LogP contribution is 2.28. The SMILES string of the molecule is CCc1c(C)nc(-n2nc(-c3cccs3)cc2NC(=O)C(C)(C)Oc2ccc(Cl)cc2)[nH]c1=O. The Bertz CT molecular complexity index is 1370. The number of halogens is 1. The number of carbonyl (C=O) groups excluding carboxylic acids is 1. The molecule has 0 bridgehead atoms. The molecular formula is C24H24ClN5O3S. The minimum Gasteiger partial charge on any atom is -0.478 e. The Hall–Kier alpha value is -3.43. The highest BCUT2D eigenvalue weighted by molar-refractivity contribution is 7.13. The molecule has 0 aliphatic rings. The molecule has 0 saturated carbocycles. The van der Waals surface area contributed by atoms with Crippen LogP contribution >= 0.6 is 22.9 Å². The molecule has 8 nitrogen and oxygen atoms in total. The largest absolute Gasteiger partial charge is 0.478 e. The van der Waals surface area contributed by atoms with Crippen molar-refractivity contribution in [1.82, 2.24) is 19.7 Å². The van der Waals surface area contributed by atoms with Crippen LogP contribution in [0.2, 0.25) is 5.02 Å². The smallest absolute Gasteiger partial charge is 0.269 e. The molecule has 0 fully saturated rings. The minimum absolute atomic E-state index is 0.217. The summed E-state index contributed by atoms with van der Waals surface area (Å²) < 4.78 is 7.34. The zero-order chi connectivity index (χ0) is 24.5. The van der Waals surface area contributed by atoms with Gasteiger partial charge in [0.15, 0.2) is 5.60 Å². The standard InChI is InChI=1S/C24H24ClN5O3S/c1-5-17-14(2)26-23(28-21(17)31)30-20(13-18(29-30)19-7-6-12-34-19)27-22(32)24(3,4)33-16-10-8-15(25)9-11-16/h6-13H,5H2,1-4H3,(H,27,32)(H,26,28,31). The highest BCUT2D eigenvalue weighted by Gasteiger charge is 2.31. The van der Waals surface area contributed by atoms with Crippen LogP contribution in [0.5, 0.6) is 5.75 Å². The van der Waals surface area contributed by atoms with Crippen molar-refractivity contribution in [3.63, 3.8) is 0 Å². The van der Waals surface area contributed by atoms with Crippen molar-refractivity contribution in [2.24, 2.45) is 0 Å². The monoisotopic (exact) mass is 497 g/mol. The third-order valence-corrected chi connectivity index (χ3v) is 6.37. The second kappa shape index (κ2) is 9.44. The molecule has 0 atom stereocenters. The first-order valence-electron chi connectivity index (χ1n) is 10.7. The number of nitrogens with zero attached hydrogens (tertiary/aromatic N) is 3. The molecule has 10 heteroatoms. The lowest BCUT2D eigenvalue weighted by molar-refractivity contribution is -0.128. The van der Waals surface area contributed by atoms with E-state index in [1.165, 1.54) is 16.0 Å². The number of hydrogen-bond acceptors (Lipinski definition) is 6. The van der Waals surface area contributed by atoms with Crippen molar-refractivity contribution < 1.29 is 9.53 Å². The van der Waals surface area contributed by atoms with Gasteiger partial charge in [-0.1, -0.05) is 24.6 Å². The molecule has 0 saturated heterocycles. The van der Waals surface area contributed by atoms with Crippen LogP contribution in [-0.4, -0.2) is 31.3 Å². The van der Waals surface area contributed by atoms with Gasteiger partial charge in [0.1, 0.15) is 17.3 Å². The number of aromatic nitrogens is 4. The van der Waals surface area contributed by atoms with E-state index in [2.05, 4.69) is 20.4 Å². The summed E-state index contributed by atoms with van der Waals surface area (Å²) in [5.74, 6) is 0.682. The Morgan fingerprint density at radius 2 is 2.00 bits per heavy atom. The van der Waals surface area contributed by atoms with Crippen molar-refractivity contribution >= 4 is 34.7 Å². The molecule has 0 spiro atoms. The first-order valence-corrected chi connectivity index (χ1v) is 11.9. The minimum atomic E-state index is -1.21. The van der Waals surface area contributed by atoms with Crippen molar-refractivity contribution in [3.8, 4) is 22.3 Å². The molecule has 4 aromatic rings. The second-order valence-corrected chi connectivity index (χ2v) is 9.52. The van der Waals surface area contributed by atoms with E-state index in [4.69, 9.17) is 16.3 Å². The van der Waals surface area contributed by atoms with E-state index in [0.717, 1.165) is 4.88 Å². The number of amides is 1. The first-order chi connectivity index (χ1) is 16.2. The molecule has 1 aromatic carbocycles. The zero-order valence-corrected chi connectivity index (χ0v) is 20.8. The summed E-state index contributed by atoms with van der Waals surface area (Å²) in [5.41, 5.74) is 0.411. The number of ether oxygens (including phenoxy) is 1. The van der Waals surface area contributed by atoms with Gasteiger partial charge in [-0.05, 0) is 62.9 Å². The molecule has 3 heterocycles. The van der Waals surface area contributed by atoms with Crippen LogP contribution < -0.4 is 15.6 Å². The summed E-state index contributed by atoms with van der Waals surface area (Å²) in [6, 6.07) is 12.4. The third-order valence-electron chi connectivity index (χ3n) is 5.22. The quantitative estimate of drug-likeness (QED) is 0.374. The fourth-order valence-corrected chi connectivity index (χ4v) is 4.21. The third kappa shape index (κ3) is 4.90. The van der Waals surface area contributed by atoms with Gasteiger partial charge in [0.05, 0.1) is 4.88 Å². The van der Waals surface area contributed by atoms with E-state index in [0.29, 0.717) is 40.0 Å². The molecule has 1 amide bonds. The molecule has 4 rings (SSSR count). The maximum atomic E-state index is 13.2. The van der Waals surface area contributed by atoms with E-state index < -0.39 is 11.5 Å². The molecule has 0 unspecified atom stereocenters. The Labute approximate surface area is 205 Å². The first kappa shape index (κ1) is 23.7. The van der Waals surface area contributed by atoms with Gasteiger partial charge in [0.25, 0.3) is 11.5 Å². The molecule has 34 heavy (non-hydrogen) atoms. The fraction of sp³-hybridized carbons (Fsp3) is 0.250. The number of thiophene rings is 1. The maximum absolute atomic E-state index is 13.2. The highest BCUT2D eigenvalue weighted by atomic mass is 35.5. The molecule has 176 valence electrons. The number of carbonyl (C=O) groups is 1. The summed E-state index contributed by atoms with van der Waals surface area (Å²) in [7, 11) is 0. The number of H-pyrrole nitrogens is 1. The second-order valence-electron chi connectivity index (χ2n) is 8.13. The summed E-state index contributed by atoms with van der Waals surface area (Å²) >= 11 is 7.46. The van der Waals surface area contributed by atoms with Crippen molar-refractivity contribution in [3.05, 3.63) is 74.5 Å². The number of aromatic amines is 1. The van der Waals surface area contributed by atoms with E-state index in [9.17, 15) is 9.59 Å².